The van der Waals surface area contributed by atoms with Crippen LogP contribution in [0.3, 0.4) is 0 Å². The first-order chi connectivity index (χ1) is 9.76. The molecule has 7 heteroatoms. The summed E-state index contributed by atoms with van der Waals surface area (Å²) in [5.74, 6) is -1.97. The van der Waals surface area contributed by atoms with Crippen molar-refractivity contribution in [2.24, 2.45) is 5.92 Å². The molecule has 1 saturated carbocycles. The Labute approximate surface area is 124 Å². The molecule has 0 bridgehead atoms. The van der Waals surface area contributed by atoms with Gasteiger partial charge < -0.3 is 5.73 Å². The van der Waals surface area contributed by atoms with E-state index in [9.17, 15) is 17.2 Å². The molecule has 0 saturated heterocycles. The van der Waals surface area contributed by atoms with Crippen molar-refractivity contribution < 1.29 is 17.2 Å². The number of halogens is 2. The monoisotopic (exact) mass is 318 g/mol. The van der Waals surface area contributed by atoms with Crippen LogP contribution in [0.4, 0.5) is 14.5 Å². The standard InChI is InChI=1S/C14H20F2N2O2S/c1-9-5-3-4-6-11(9)18(2)21(19,20)12-8-7-10(15)14(17)13(12)16/h7-9,11H,3-6,17H2,1-2H3. The lowest BCUT2D eigenvalue weighted by Gasteiger charge is -2.35. The first kappa shape index (κ1) is 16.2. The molecule has 0 aromatic heterocycles. The molecule has 1 aromatic carbocycles. The second-order valence-electron chi connectivity index (χ2n) is 5.62. The molecule has 0 amide bonds. The minimum Gasteiger partial charge on any atom is -0.394 e. The zero-order valence-electron chi connectivity index (χ0n) is 12.1. The van der Waals surface area contributed by atoms with E-state index in [1.165, 1.54) is 11.4 Å². The molecule has 0 heterocycles. The first-order valence-electron chi connectivity index (χ1n) is 6.98. The quantitative estimate of drug-likeness (QED) is 0.872. The number of sulfonamides is 1. The lowest BCUT2D eigenvalue weighted by atomic mass is 9.86. The summed E-state index contributed by atoms with van der Waals surface area (Å²) in [6.45, 7) is 1.99. The zero-order valence-corrected chi connectivity index (χ0v) is 13.0. The Bertz CT molecular complexity index is 634. The van der Waals surface area contributed by atoms with E-state index < -0.39 is 32.2 Å². The van der Waals surface area contributed by atoms with Crippen LogP contribution in [-0.4, -0.2) is 25.8 Å². The normalized spacial score (nSPS) is 23.5. The summed E-state index contributed by atoms with van der Waals surface area (Å²) in [6, 6.07) is 1.64. The number of nitrogens with zero attached hydrogens (tertiary/aromatic N) is 1. The van der Waals surface area contributed by atoms with Crippen LogP contribution in [-0.2, 0) is 10.0 Å². The minimum atomic E-state index is -4.03. The molecule has 1 aliphatic carbocycles. The fraction of sp³-hybridized carbons (Fsp3) is 0.571. The van der Waals surface area contributed by atoms with Gasteiger partial charge in [0, 0.05) is 13.1 Å². The highest BCUT2D eigenvalue weighted by Crippen LogP contribution is 2.32. The summed E-state index contributed by atoms with van der Waals surface area (Å²) < 4.78 is 53.5. The zero-order chi connectivity index (χ0) is 15.8. The van der Waals surface area contributed by atoms with Crippen LogP contribution in [0.1, 0.15) is 32.6 Å². The van der Waals surface area contributed by atoms with Gasteiger partial charge >= 0.3 is 0 Å². The summed E-state index contributed by atoms with van der Waals surface area (Å²) in [7, 11) is -2.58. The van der Waals surface area contributed by atoms with Gasteiger partial charge in [0.1, 0.15) is 16.4 Å². The summed E-state index contributed by atoms with van der Waals surface area (Å²) in [5, 5.41) is 0. The molecular weight excluding hydrogens is 298 g/mol. The van der Waals surface area contributed by atoms with Gasteiger partial charge in [0.15, 0.2) is 5.82 Å². The van der Waals surface area contributed by atoms with E-state index in [4.69, 9.17) is 5.73 Å². The predicted molar refractivity (Wildman–Crippen MR) is 77.1 cm³/mol. The van der Waals surface area contributed by atoms with E-state index >= 15 is 0 Å². The fourth-order valence-electron chi connectivity index (χ4n) is 2.92. The first-order valence-corrected chi connectivity index (χ1v) is 8.42. The molecule has 1 fully saturated rings. The highest BCUT2D eigenvalue weighted by atomic mass is 32.2. The highest BCUT2D eigenvalue weighted by molar-refractivity contribution is 7.89. The van der Waals surface area contributed by atoms with Crippen LogP contribution in [0, 0.1) is 17.6 Å². The SMILES string of the molecule is CC1CCCCC1N(C)S(=O)(=O)c1ccc(F)c(N)c1F. The maximum atomic E-state index is 14.0. The van der Waals surface area contributed by atoms with Crippen molar-refractivity contribution in [3.05, 3.63) is 23.8 Å². The van der Waals surface area contributed by atoms with E-state index in [0.29, 0.717) is 0 Å². The third kappa shape index (κ3) is 2.89. The van der Waals surface area contributed by atoms with Crippen molar-refractivity contribution >= 4 is 15.7 Å². The van der Waals surface area contributed by atoms with E-state index in [-0.39, 0.29) is 12.0 Å². The fourth-order valence-corrected chi connectivity index (χ4v) is 4.48. The molecule has 1 aliphatic rings. The number of nitrogens with two attached hydrogens (primary N) is 1. The molecule has 2 atom stereocenters. The summed E-state index contributed by atoms with van der Waals surface area (Å²) in [6.07, 6.45) is 3.71. The van der Waals surface area contributed by atoms with Crippen molar-refractivity contribution in [1.82, 2.24) is 4.31 Å². The van der Waals surface area contributed by atoms with Gasteiger partial charge in [-0.2, -0.15) is 4.31 Å². The molecule has 2 unspecified atom stereocenters. The molecule has 118 valence electrons. The van der Waals surface area contributed by atoms with Gasteiger partial charge in [0.2, 0.25) is 10.0 Å². The molecule has 0 radical (unpaired) electrons. The van der Waals surface area contributed by atoms with Crippen molar-refractivity contribution in [3.63, 3.8) is 0 Å². The van der Waals surface area contributed by atoms with Crippen LogP contribution in [0.15, 0.2) is 17.0 Å². The minimum absolute atomic E-state index is 0.172. The number of hydrogen-bond donors (Lipinski definition) is 1. The predicted octanol–water partition coefficient (Wildman–Crippen LogP) is 2.75. The van der Waals surface area contributed by atoms with Gasteiger partial charge in [-0.25, -0.2) is 17.2 Å². The summed E-state index contributed by atoms with van der Waals surface area (Å²) in [4.78, 5) is -0.568. The molecule has 21 heavy (non-hydrogen) atoms. The maximum absolute atomic E-state index is 14.0. The summed E-state index contributed by atoms with van der Waals surface area (Å²) >= 11 is 0. The van der Waals surface area contributed by atoms with E-state index in [2.05, 4.69) is 0 Å². The van der Waals surface area contributed by atoms with Crippen LogP contribution < -0.4 is 5.73 Å². The smallest absolute Gasteiger partial charge is 0.246 e. The van der Waals surface area contributed by atoms with Gasteiger partial charge in [-0.1, -0.05) is 19.8 Å². The lowest BCUT2D eigenvalue weighted by molar-refractivity contribution is 0.213. The highest BCUT2D eigenvalue weighted by Gasteiger charge is 2.35. The molecule has 0 spiro atoms. The van der Waals surface area contributed by atoms with Crippen molar-refractivity contribution in [1.29, 1.82) is 0 Å². The van der Waals surface area contributed by atoms with Crippen LogP contribution in [0.2, 0.25) is 0 Å². The van der Waals surface area contributed by atoms with E-state index in [0.717, 1.165) is 37.8 Å². The molecule has 0 aliphatic heterocycles. The Kier molecular flexibility index (Phi) is 4.53. The van der Waals surface area contributed by atoms with Crippen molar-refractivity contribution in [3.8, 4) is 0 Å². The number of rotatable bonds is 3. The number of hydrogen-bond acceptors (Lipinski definition) is 3. The third-order valence-electron chi connectivity index (χ3n) is 4.28. The lowest BCUT2D eigenvalue weighted by Crippen LogP contribution is -2.42. The Morgan fingerprint density at radius 2 is 1.86 bits per heavy atom. The molecule has 1 aromatic rings. The van der Waals surface area contributed by atoms with Crippen LogP contribution in [0.5, 0.6) is 0 Å². The Morgan fingerprint density at radius 3 is 2.48 bits per heavy atom. The molecule has 4 nitrogen and oxygen atoms in total. The van der Waals surface area contributed by atoms with Gasteiger partial charge in [-0.15, -0.1) is 0 Å². The van der Waals surface area contributed by atoms with Gasteiger partial charge in [-0.05, 0) is 30.9 Å². The average molecular weight is 318 g/mol. The second-order valence-corrected chi connectivity index (χ2v) is 7.59. The topological polar surface area (TPSA) is 63.4 Å². The average Bonchev–Trinajstić information content (AvgIpc) is 2.44. The van der Waals surface area contributed by atoms with E-state index in [1.54, 1.807) is 0 Å². The number of anilines is 1. The van der Waals surface area contributed by atoms with Crippen LogP contribution >= 0.6 is 0 Å². The van der Waals surface area contributed by atoms with Crippen LogP contribution in [0.25, 0.3) is 0 Å². The maximum Gasteiger partial charge on any atom is 0.246 e. The third-order valence-corrected chi connectivity index (χ3v) is 6.18. The summed E-state index contributed by atoms with van der Waals surface area (Å²) in [5.41, 5.74) is 4.49. The van der Waals surface area contributed by atoms with Gasteiger partial charge in [0.05, 0.1) is 0 Å². The Morgan fingerprint density at radius 1 is 1.24 bits per heavy atom. The molecular formula is C14H20F2N2O2S. The molecule has 2 rings (SSSR count). The molecule has 2 N–H and O–H groups in total. The Hall–Kier alpha value is -1.21. The second kappa shape index (κ2) is 5.88. The number of nitrogen functional groups attached to an aromatic ring is 1. The van der Waals surface area contributed by atoms with E-state index in [1.807, 2.05) is 6.92 Å². The van der Waals surface area contributed by atoms with Crippen molar-refractivity contribution in [2.75, 3.05) is 12.8 Å². The van der Waals surface area contributed by atoms with Gasteiger partial charge in [-0.3, -0.25) is 0 Å². The van der Waals surface area contributed by atoms with Crippen molar-refractivity contribution in [2.45, 2.75) is 43.5 Å². The Balaban J connectivity index is 2.40. The largest absolute Gasteiger partial charge is 0.394 e. The van der Waals surface area contributed by atoms with Gasteiger partial charge in [0.25, 0.3) is 0 Å². The number of benzene rings is 1.